The number of aryl methyl sites for hydroxylation is 1. The van der Waals surface area contributed by atoms with Gasteiger partial charge in [-0.25, -0.2) is 4.98 Å². The van der Waals surface area contributed by atoms with Crippen molar-refractivity contribution in [2.45, 2.75) is 26.1 Å². The second kappa shape index (κ2) is 11.6. The van der Waals surface area contributed by atoms with Crippen LogP contribution in [0.3, 0.4) is 0 Å². The highest BCUT2D eigenvalue weighted by Crippen LogP contribution is 2.29. The predicted molar refractivity (Wildman–Crippen MR) is 115 cm³/mol. The number of nitrogens with one attached hydrogen (secondary N) is 1. The van der Waals surface area contributed by atoms with Gasteiger partial charge in [0.2, 0.25) is 0 Å². The van der Waals surface area contributed by atoms with Crippen molar-refractivity contribution in [3.63, 3.8) is 0 Å². The fraction of sp³-hybridized carbons (Fsp3) is 0.286. The number of aromatic nitrogens is 2. The molecular weight excluding hydrogens is 397 g/mol. The van der Waals surface area contributed by atoms with Gasteiger partial charge >= 0.3 is 0 Å². The fourth-order valence-electron chi connectivity index (χ4n) is 2.75. The maximum atomic E-state index is 6.18. The van der Waals surface area contributed by atoms with Crippen LogP contribution in [0.25, 0.3) is 0 Å². The van der Waals surface area contributed by atoms with E-state index in [1.807, 2.05) is 55.0 Å². The highest BCUT2D eigenvalue weighted by Gasteiger charge is 2.07. The Hall–Kier alpha value is -2.21. The zero-order chi connectivity index (χ0) is 18.9. The van der Waals surface area contributed by atoms with Crippen LogP contribution in [0, 0.1) is 0 Å². The van der Waals surface area contributed by atoms with Gasteiger partial charge in [0, 0.05) is 36.1 Å². The van der Waals surface area contributed by atoms with Gasteiger partial charge in [0.1, 0.15) is 6.61 Å². The molecule has 0 fully saturated rings. The average molecular weight is 422 g/mol. The standard InChI is InChI=1S/C21H24ClN3O2.ClH/c1-26-21-13-17(14-23-9-4-11-25-12-10-24-16-25)7-8-20(21)27-15-18-5-2-3-6-19(18)22;/h2-3,5-8,10,12-13,16,23H,4,9,11,14-15H2,1H3;1H. The molecule has 0 saturated carbocycles. The summed E-state index contributed by atoms with van der Waals surface area (Å²) in [4.78, 5) is 4.04. The molecule has 0 radical (unpaired) electrons. The summed E-state index contributed by atoms with van der Waals surface area (Å²) in [5, 5.41) is 4.15. The summed E-state index contributed by atoms with van der Waals surface area (Å²) in [6.45, 7) is 3.09. The van der Waals surface area contributed by atoms with Crippen LogP contribution in [0.1, 0.15) is 17.5 Å². The molecule has 0 aliphatic heterocycles. The lowest BCUT2D eigenvalue weighted by Gasteiger charge is -2.13. The molecule has 0 unspecified atom stereocenters. The Bertz CT molecular complexity index is 841. The first-order valence-electron chi connectivity index (χ1n) is 8.96. The van der Waals surface area contributed by atoms with E-state index in [1.54, 1.807) is 13.3 Å². The molecule has 0 aliphatic carbocycles. The van der Waals surface area contributed by atoms with Gasteiger partial charge in [0.15, 0.2) is 11.5 Å². The summed E-state index contributed by atoms with van der Waals surface area (Å²) < 4.78 is 13.5. The molecule has 0 saturated heterocycles. The largest absolute Gasteiger partial charge is 0.493 e. The first-order valence-corrected chi connectivity index (χ1v) is 9.33. The number of ether oxygens (including phenoxy) is 2. The van der Waals surface area contributed by atoms with Gasteiger partial charge in [0.25, 0.3) is 0 Å². The third-order valence-corrected chi connectivity index (χ3v) is 4.60. The normalized spacial score (nSPS) is 10.4. The van der Waals surface area contributed by atoms with E-state index in [0.717, 1.165) is 42.9 Å². The summed E-state index contributed by atoms with van der Waals surface area (Å²) in [6, 6.07) is 13.7. The van der Waals surface area contributed by atoms with E-state index in [0.29, 0.717) is 17.4 Å². The maximum absolute atomic E-state index is 6.18. The number of hydrogen-bond acceptors (Lipinski definition) is 4. The van der Waals surface area contributed by atoms with Gasteiger partial charge in [0.05, 0.1) is 13.4 Å². The quantitative estimate of drug-likeness (QED) is 0.480. The molecule has 0 atom stereocenters. The molecule has 0 spiro atoms. The van der Waals surface area contributed by atoms with E-state index in [4.69, 9.17) is 21.1 Å². The van der Waals surface area contributed by atoms with Crippen molar-refractivity contribution in [1.82, 2.24) is 14.9 Å². The Labute approximate surface area is 177 Å². The predicted octanol–water partition coefficient (Wildman–Crippen LogP) is 4.73. The molecule has 1 N–H and O–H groups in total. The van der Waals surface area contributed by atoms with Crippen LogP contribution >= 0.6 is 24.0 Å². The van der Waals surface area contributed by atoms with E-state index < -0.39 is 0 Å². The minimum atomic E-state index is 0. The highest BCUT2D eigenvalue weighted by atomic mass is 35.5. The van der Waals surface area contributed by atoms with Crippen LogP contribution in [0.2, 0.25) is 5.02 Å². The molecule has 5 nitrogen and oxygen atoms in total. The molecule has 3 rings (SSSR count). The van der Waals surface area contributed by atoms with Gasteiger partial charge < -0.3 is 19.4 Å². The molecule has 0 amide bonds. The number of nitrogens with zero attached hydrogens (tertiary/aromatic N) is 2. The summed E-state index contributed by atoms with van der Waals surface area (Å²) in [7, 11) is 1.65. The van der Waals surface area contributed by atoms with E-state index >= 15 is 0 Å². The molecule has 28 heavy (non-hydrogen) atoms. The zero-order valence-corrected chi connectivity index (χ0v) is 17.4. The molecule has 1 heterocycles. The van der Waals surface area contributed by atoms with Crippen molar-refractivity contribution in [1.29, 1.82) is 0 Å². The minimum absolute atomic E-state index is 0. The van der Waals surface area contributed by atoms with Gasteiger partial charge in [-0.2, -0.15) is 0 Å². The molecule has 0 bridgehead atoms. The molecule has 1 aromatic heterocycles. The molecule has 7 heteroatoms. The molecular formula is C21H25Cl2N3O2. The Morgan fingerprint density at radius 1 is 1.14 bits per heavy atom. The van der Waals surface area contributed by atoms with Crippen molar-refractivity contribution < 1.29 is 9.47 Å². The second-order valence-electron chi connectivity index (χ2n) is 6.20. The van der Waals surface area contributed by atoms with Gasteiger partial charge in [-0.3, -0.25) is 0 Å². The Kier molecular flexibility index (Phi) is 9.14. The number of imidazole rings is 1. The van der Waals surface area contributed by atoms with Crippen LogP contribution in [-0.4, -0.2) is 23.2 Å². The fourth-order valence-corrected chi connectivity index (χ4v) is 2.94. The summed E-state index contributed by atoms with van der Waals surface area (Å²) in [5.74, 6) is 1.43. The number of halogens is 2. The van der Waals surface area contributed by atoms with Gasteiger partial charge in [-0.05, 0) is 36.7 Å². The summed E-state index contributed by atoms with van der Waals surface area (Å²) >= 11 is 6.18. The SMILES string of the molecule is COc1cc(CNCCCn2ccnc2)ccc1OCc1ccccc1Cl.Cl. The van der Waals surface area contributed by atoms with Crippen LogP contribution in [0.4, 0.5) is 0 Å². The lowest BCUT2D eigenvalue weighted by atomic mass is 10.2. The summed E-state index contributed by atoms with van der Waals surface area (Å²) in [6.07, 6.45) is 6.67. The molecule has 3 aromatic rings. The van der Waals surface area contributed by atoms with Crippen LogP contribution in [0.15, 0.2) is 61.2 Å². The molecule has 0 aliphatic rings. The number of benzene rings is 2. The van der Waals surface area contributed by atoms with Crippen molar-refractivity contribution in [3.8, 4) is 11.5 Å². The Morgan fingerprint density at radius 2 is 2.00 bits per heavy atom. The molecule has 150 valence electrons. The number of rotatable bonds is 10. The van der Waals surface area contributed by atoms with Crippen molar-refractivity contribution >= 4 is 24.0 Å². The van der Waals surface area contributed by atoms with E-state index in [1.165, 1.54) is 0 Å². The minimum Gasteiger partial charge on any atom is -0.493 e. The first-order chi connectivity index (χ1) is 13.3. The van der Waals surface area contributed by atoms with Gasteiger partial charge in [-0.15, -0.1) is 12.4 Å². The smallest absolute Gasteiger partial charge is 0.161 e. The summed E-state index contributed by atoms with van der Waals surface area (Å²) in [5.41, 5.74) is 2.10. The highest BCUT2D eigenvalue weighted by molar-refractivity contribution is 6.31. The lowest BCUT2D eigenvalue weighted by Crippen LogP contribution is -2.16. The Balaban J connectivity index is 0.00000280. The van der Waals surface area contributed by atoms with Gasteiger partial charge in [-0.1, -0.05) is 35.9 Å². The first kappa shape index (κ1) is 22.1. The Morgan fingerprint density at radius 3 is 2.75 bits per heavy atom. The number of hydrogen-bond donors (Lipinski definition) is 1. The van der Waals surface area contributed by atoms with E-state index in [-0.39, 0.29) is 12.4 Å². The van der Waals surface area contributed by atoms with Crippen molar-refractivity contribution in [2.24, 2.45) is 0 Å². The zero-order valence-electron chi connectivity index (χ0n) is 15.8. The second-order valence-corrected chi connectivity index (χ2v) is 6.60. The van der Waals surface area contributed by atoms with Crippen LogP contribution < -0.4 is 14.8 Å². The maximum Gasteiger partial charge on any atom is 0.161 e. The molecule has 2 aromatic carbocycles. The average Bonchev–Trinajstić information content (AvgIpc) is 3.21. The third-order valence-electron chi connectivity index (χ3n) is 4.23. The van der Waals surface area contributed by atoms with E-state index in [9.17, 15) is 0 Å². The van der Waals surface area contributed by atoms with Crippen molar-refractivity contribution in [2.75, 3.05) is 13.7 Å². The van der Waals surface area contributed by atoms with Crippen molar-refractivity contribution in [3.05, 3.63) is 77.3 Å². The van der Waals surface area contributed by atoms with Crippen LogP contribution in [0.5, 0.6) is 11.5 Å². The van der Waals surface area contributed by atoms with Crippen LogP contribution in [-0.2, 0) is 19.7 Å². The monoisotopic (exact) mass is 421 g/mol. The number of methoxy groups -OCH3 is 1. The third kappa shape index (κ3) is 6.44. The lowest BCUT2D eigenvalue weighted by molar-refractivity contribution is 0.284. The topological polar surface area (TPSA) is 48.3 Å². The van der Waals surface area contributed by atoms with E-state index in [2.05, 4.69) is 14.9 Å².